The molecule has 1 aromatic rings. The van der Waals surface area contributed by atoms with Gasteiger partial charge in [-0.3, -0.25) is 0 Å². The van der Waals surface area contributed by atoms with E-state index in [1.807, 2.05) is 12.1 Å². The number of unbranched alkanes of at least 4 members (excludes halogenated alkanes) is 3. The Labute approximate surface area is 128 Å². The van der Waals surface area contributed by atoms with Crippen LogP contribution in [0.4, 0.5) is 0 Å². The van der Waals surface area contributed by atoms with Gasteiger partial charge in [-0.25, -0.2) is 0 Å². The molecule has 20 heavy (non-hydrogen) atoms. The lowest BCUT2D eigenvalue weighted by Gasteiger charge is -2.08. The summed E-state index contributed by atoms with van der Waals surface area (Å²) in [4.78, 5) is 0. The lowest BCUT2D eigenvalue weighted by molar-refractivity contribution is 0.415. The summed E-state index contributed by atoms with van der Waals surface area (Å²) in [6.07, 6.45) is 6.66. The van der Waals surface area contributed by atoms with E-state index >= 15 is 0 Å². The SMILES string of the molecule is COc1ccc(CNCCCCCCC(C)C)cc1Cl. The van der Waals surface area contributed by atoms with Crippen molar-refractivity contribution in [3.8, 4) is 5.75 Å². The third-order valence-corrected chi connectivity index (χ3v) is 3.73. The number of ether oxygens (including phenoxy) is 1. The van der Waals surface area contributed by atoms with Crippen LogP contribution in [0.25, 0.3) is 0 Å². The molecule has 0 atom stereocenters. The van der Waals surface area contributed by atoms with Crippen molar-refractivity contribution in [3.05, 3.63) is 28.8 Å². The summed E-state index contributed by atoms with van der Waals surface area (Å²) in [7, 11) is 1.64. The predicted octanol–water partition coefficient (Wildman–Crippen LogP) is 5.04. The van der Waals surface area contributed by atoms with E-state index in [-0.39, 0.29) is 0 Å². The Balaban J connectivity index is 2.08. The molecule has 0 aliphatic heterocycles. The molecule has 0 aliphatic carbocycles. The Kier molecular flexibility index (Phi) is 8.72. The highest BCUT2D eigenvalue weighted by atomic mass is 35.5. The maximum absolute atomic E-state index is 6.10. The Morgan fingerprint density at radius 3 is 2.55 bits per heavy atom. The van der Waals surface area contributed by atoms with Gasteiger partial charge in [-0.05, 0) is 36.6 Å². The van der Waals surface area contributed by atoms with Crippen molar-refractivity contribution < 1.29 is 4.74 Å². The molecule has 1 N–H and O–H groups in total. The number of nitrogens with one attached hydrogen (secondary N) is 1. The van der Waals surface area contributed by atoms with E-state index < -0.39 is 0 Å². The molecule has 0 aromatic heterocycles. The fourth-order valence-corrected chi connectivity index (χ4v) is 2.49. The maximum Gasteiger partial charge on any atom is 0.137 e. The number of rotatable bonds is 10. The highest BCUT2D eigenvalue weighted by Crippen LogP contribution is 2.24. The fourth-order valence-electron chi connectivity index (χ4n) is 2.21. The zero-order valence-electron chi connectivity index (χ0n) is 13.0. The summed E-state index contributed by atoms with van der Waals surface area (Å²) >= 11 is 6.10. The van der Waals surface area contributed by atoms with Gasteiger partial charge < -0.3 is 10.1 Å². The van der Waals surface area contributed by atoms with Crippen molar-refractivity contribution in [2.45, 2.75) is 52.5 Å². The zero-order valence-corrected chi connectivity index (χ0v) is 13.8. The van der Waals surface area contributed by atoms with Crippen LogP contribution < -0.4 is 10.1 Å². The normalized spacial score (nSPS) is 11.1. The van der Waals surface area contributed by atoms with Gasteiger partial charge in [0.05, 0.1) is 12.1 Å². The summed E-state index contributed by atoms with van der Waals surface area (Å²) < 4.78 is 5.14. The minimum atomic E-state index is 0.681. The summed E-state index contributed by atoms with van der Waals surface area (Å²) in [5.74, 6) is 1.58. The predicted molar refractivity (Wildman–Crippen MR) is 87.6 cm³/mol. The summed E-state index contributed by atoms with van der Waals surface area (Å²) in [6.45, 7) is 6.53. The molecule has 0 unspecified atom stereocenters. The van der Waals surface area contributed by atoms with E-state index in [2.05, 4.69) is 25.2 Å². The van der Waals surface area contributed by atoms with E-state index in [9.17, 15) is 0 Å². The molecule has 0 fully saturated rings. The van der Waals surface area contributed by atoms with Crippen LogP contribution in [-0.2, 0) is 6.54 Å². The van der Waals surface area contributed by atoms with Gasteiger partial charge in [-0.2, -0.15) is 0 Å². The Morgan fingerprint density at radius 2 is 1.90 bits per heavy atom. The lowest BCUT2D eigenvalue weighted by atomic mass is 10.0. The van der Waals surface area contributed by atoms with Crippen LogP contribution >= 0.6 is 11.6 Å². The van der Waals surface area contributed by atoms with Gasteiger partial charge in [0, 0.05) is 6.54 Å². The van der Waals surface area contributed by atoms with Gasteiger partial charge >= 0.3 is 0 Å². The molecule has 2 nitrogen and oxygen atoms in total. The van der Waals surface area contributed by atoms with Crippen LogP contribution in [0.15, 0.2) is 18.2 Å². The van der Waals surface area contributed by atoms with E-state index in [0.29, 0.717) is 5.02 Å². The molecule has 0 amide bonds. The van der Waals surface area contributed by atoms with E-state index in [0.717, 1.165) is 24.8 Å². The molecule has 0 spiro atoms. The molecule has 0 aliphatic rings. The van der Waals surface area contributed by atoms with Gasteiger partial charge in [0.15, 0.2) is 0 Å². The molecular formula is C17H28ClNO. The van der Waals surface area contributed by atoms with Crippen LogP contribution in [0.1, 0.15) is 51.5 Å². The van der Waals surface area contributed by atoms with Crippen LogP contribution in [0, 0.1) is 5.92 Å². The monoisotopic (exact) mass is 297 g/mol. The molecule has 0 radical (unpaired) electrons. The largest absolute Gasteiger partial charge is 0.495 e. The third kappa shape index (κ3) is 7.16. The lowest BCUT2D eigenvalue weighted by Crippen LogP contribution is -2.14. The highest BCUT2D eigenvalue weighted by Gasteiger charge is 2.01. The summed E-state index contributed by atoms with van der Waals surface area (Å²) in [5.41, 5.74) is 1.20. The van der Waals surface area contributed by atoms with Crippen molar-refractivity contribution in [1.29, 1.82) is 0 Å². The topological polar surface area (TPSA) is 21.3 Å². The fraction of sp³-hybridized carbons (Fsp3) is 0.647. The summed E-state index contributed by atoms with van der Waals surface area (Å²) in [6, 6.07) is 5.95. The first-order valence-corrected chi connectivity index (χ1v) is 8.04. The van der Waals surface area contributed by atoms with Gasteiger partial charge in [0.2, 0.25) is 0 Å². The Morgan fingerprint density at radius 1 is 1.15 bits per heavy atom. The van der Waals surface area contributed by atoms with Gasteiger partial charge in [0.1, 0.15) is 5.75 Å². The first-order valence-electron chi connectivity index (χ1n) is 7.66. The van der Waals surface area contributed by atoms with Gasteiger partial charge in [-0.15, -0.1) is 0 Å². The smallest absolute Gasteiger partial charge is 0.137 e. The number of benzene rings is 1. The maximum atomic E-state index is 6.10. The standard InChI is InChI=1S/C17H28ClNO/c1-14(2)8-6-4-5-7-11-19-13-15-9-10-17(20-3)16(18)12-15/h9-10,12,14,19H,4-8,11,13H2,1-3H3. The van der Waals surface area contributed by atoms with E-state index in [1.54, 1.807) is 7.11 Å². The molecule has 114 valence electrons. The highest BCUT2D eigenvalue weighted by molar-refractivity contribution is 6.32. The van der Waals surface area contributed by atoms with Crippen molar-refractivity contribution >= 4 is 11.6 Å². The average molecular weight is 298 g/mol. The van der Waals surface area contributed by atoms with Gasteiger partial charge in [-0.1, -0.05) is 57.2 Å². The number of hydrogen-bond donors (Lipinski definition) is 1. The molecule has 0 bridgehead atoms. The minimum absolute atomic E-state index is 0.681. The quantitative estimate of drug-likeness (QED) is 0.611. The first-order chi connectivity index (χ1) is 9.63. The molecule has 0 saturated carbocycles. The molecular weight excluding hydrogens is 270 g/mol. The average Bonchev–Trinajstić information content (AvgIpc) is 2.41. The zero-order chi connectivity index (χ0) is 14.8. The molecule has 0 saturated heterocycles. The number of halogens is 1. The van der Waals surface area contributed by atoms with E-state index in [4.69, 9.17) is 16.3 Å². The second kappa shape index (κ2) is 10.1. The van der Waals surface area contributed by atoms with E-state index in [1.165, 1.54) is 37.7 Å². The molecule has 1 rings (SSSR count). The minimum Gasteiger partial charge on any atom is -0.495 e. The van der Waals surface area contributed by atoms with Crippen molar-refractivity contribution in [1.82, 2.24) is 5.32 Å². The van der Waals surface area contributed by atoms with Crippen molar-refractivity contribution in [3.63, 3.8) is 0 Å². The summed E-state index contributed by atoms with van der Waals surface area (Å²) in [5, 5.41) is 4.15. The molecule has 3 heteroatoms. The van der Waals surface area contributed by atoms with Crippen LogP contribution in [-0.4, -0.2) is 13.7 Å². The number of hydrogen-bond acceptors (Lipinski definition) is 2. The van der Waals surface area contributed by atoms with Crippen LogP contribution in [0.5, 0.6) is 5.75 Å². The second-order valence-corrected chi connectivity index (χ2v) is 6.15. The van der Waals surface area contributed by atoms with Crippen molar-refractivity contribution in [2.24, 2.45) is 5.92 Å². The van der Waals surface area contributed by atoms with Gasteiger partial charge in [0.25, 0.3) is 0 Å². The second-order valence-electron chi connectivity index (χ2n) is 5.74. The Bertz CT molecular complexity index is 379. The molecule has 0 heterocycles. The van der Waals surface area contributed by atoms with Crippen molar-refractivity contribution in [2.75, 3.05) is 13.7 Å². The third-order valence-electron chi connectivity index (χ3n) is 3.43. The van der Waals surface area contributed by atoms with Crippen LogP contribution in [0.3, 0.4) is 0 Å². The first kappa shape index (κ1) is 17.3. The number of methoxy groups -OCH3 is 1. The van der Waals surface area contributed by atoms with Crippen LogP contribution in [0.2, 0.25) is 5.02 Å². The molecule has 1 aromatic carbocycles. The Hall–Kier alpha value is -0.730.